The molecule has 0 fully saturated rings. The Morgan fingerprint density at radius 2 is 2.07 bits per heavy atom. The summed E-state index contributed by atoms with van der Waals surface area (Å²) in [5.74, 6) is -0.0598. The molecule has 0 spiro atoms. The minimum absolute atomic E-state index is 0.0590. The SMILES string of the molecule is CCc1c(O)cc(C(C)C(C)O)oc1=O. The van der Waals surface area contributed by atoms with Gasteiger partial charge in [-0.1, -0.05) is 13.8 Å². The standard InChI is InChI=1S/C11H16O4/c1-4-8-9(13)5-10(15-11(8)14)6(2)7(3)12/h5-7,12-13H,4H2,1-3H3. The molecule has 2 atom stereocenters. The Hall–Kier alpha value is -1.29. The van der Waals surface area contributed by atoms with Crippen molar-refractivity contribution in [2.75, 3.05) is 0 Å². The third-order valence-corrected chi connectivity index (χ3v) is 2.57. The van der Waals surface area contributed by atoms with Crippen LogP contribution in [0.15, 0.2) is 15.3 Å². The van der Waals surface area contributed by atoms with E-state index >= 15 is 0 Å². The number of aliphatic hydroxyl groups excluding tert-OH is 1. The highest BCUT2D eigenvalue weighted by Gasteiger charge is 2.17. The van der Waals surface area contributed by atoms with Crippen molar-refractivity contribution in [3.63, 3.8) is 0 Å². The minimum atomic E-state index is -0.625. The first-order valence-electron chi connectivity index (χ1n) is 5.01. The van der Waals surface area contributed by atoms with Gasteiger partial charge in [0.25, 0.3) is 0 Å². The van der Waals surface area contributed by atoms with Crippen LogP contribution in [0.5, 0.6) is 5.75 Å². The zero-order valence-corrected chi connectivity index (χ0v) is 9.15. The summed E-state index contributed by atoms with van der Waals surface area (Å²) in [7, 11) is 0. The summed E-state index contributed by atoms with van der Waals surface area (Å²) >= 11 is 0. The molecular formula is C11H16O4. The van der Waals surface area contributed by atoms with E-state index in [1.165, 1.54) is 6.07 Å². The van der Waals surface area contributed by atoms with Crippen molar-refractivity contribution in [1.29, 1.82) is 0 Å². The fourth-order valence-electron chi connectivity index (χ4n) is 1.31. The predicted molar refractivity (Wildman–Crippen MR) is 56.1 cm³/mol. The highest BCUT2D eigenvalue weighted by molar-refractivity contribution is 5.31. The normalized spacial score (nSPS) is 14.9. The first-order chi connectivity index (χ1) is 6.97. The Morgan fingerprint density at radius 3 is 2.47 bits per heavy atom. The lowest BCUT2D eigenvalue weighted by Gasteiger charge is -2.13. The van der Waals surface area contributed by atoms with Gasteiger partial charge in [-0.3, -0.25) is 0 Å². The van der Waals surface area contributed by atoms with E-state index in [1.54, 1.807) is 20.8 Å². The van der Waals surface area contributed by atoms with Crippen LogP contribution in [0.4, 0.5) is 0 Å². The summed E-state index contributed by atoms with van der Waals surface area (Å²) in [5, 5.41) is 18.9. The lowest BCUT2D eigenvalue weighted by Crippen LogP contribution is -2.15. The van der Waals surface area contributed by atoms with Crippen LogP contribution in [0.1, 0.15) is 38.0 Å². The van der Waals surface area contributed by atoms with Gasteiger partial charge in [0.05, 0.1) is 11.7 Å². The highest BCUT2D eigenvalue weighted by atomic mass is 16.4. The van der Waals surface area contributed by atoms with Gasteiger partial charge in [-0.05, 0) is 13.3 Å². The van der Waals surface area contributed by atoms with Crippen molar-refractivity contribution >= 4 is 0 Å². The monoisotopic (exact) mass is 212 g/mol. The average molecular weight is 212 g/mol. The number of rotatable bonds is 3. The molecule has 1 aromatic rings. The molecule has 4 nitrogen and oxygen atoms in total. The molecule has 15 heavy (non-hydrogen) atoms. The molecule has 0 aliphatic rings. The zero-order valence-electron chi connectivity index (χ0n) is 9.15. The van der Waals surface area contributed by atoms with Crippen molar-refractivity contribution in [2.45, 2.75) is 39.2 Å². The molecule has 0 aliphatic carbocycles. The van der Waals surface area contributed by atoms with Gasteiger partial charge in [0.15, 0.2) is 0 Å². The summed E-state index contributed by atoms with van der Waals surface area (Å²) in [6.45, 7) is 5.10. The summed E-state index contributed by atoms with van der Waals surface area (Å²) in [6.07, 6.45) is -0.197. The molecule has 0 radical (unpaired) electrons. The van der Waals surface area contributed by atoms with E-state index in [0.29, 0.717) is 12.2 Å². The predicted octanol–water partition coefficient (Wildman–Crippen LogP) is 1.39. The largest absolute Gasteiger partial charge is 0.507 e. The molecule has 0 saturated carbocycles. The Morgan fingerprint density at radius 1 is 1.47 bits per heavy atom. The van der Waals surface area contributed by atoms with Crippen molar-refractivity contribution in [2.24, 2.45) is 0 Å². The Labute approximate surface area is 88.2 Å². The molecule has 4 heteroatoms. The second-order valence-corrected chi connectivity index (χ2v) is 3.68. The summed E-state index contributed by atoms with van der Waals surface area (Å²) in [6, 6.07) is 1.40. The van der Waals surface area contributed by atoms with E-state index in [4.69, 9.17) is 4.42 Å². The Balaban J connectivity index is 3.20. The molecule has 1 rings (SSSR count). The molecule has 0 bridgehead atoms. The molecule has 1 heterocycles. The van der Waals surface area contributed by atoms with Crippen molar-refractivity contribution in [1.82, 2.24) is 0 Å². The van der Waals surface area contributed by atoms with E-state index in [0.717, 1.165) is 0 Å². The van der Waals surface area contributed by atoms with E-state index in [-0.39, 0.29) is 17.2 Å². The Kier molecular flexibility index (Phi) is 3.52. The fraction of sp³-hybridized carbons (Fsp3) is 0.545. The van der Waals surface area contributed by atoms with Crippen molar-refractivity contribution in [3.05, 3.63) is 27.8 Å². The molecule has 2 N–H and O–H groups in total. The van der Waals surface area contributed by atoms with Crippen LogP contribution < -0.4 is 5.63 Å². The van der Waals surface area contributed by atoms with Crippen LogP contribution in [0, 0.1) is 0 Å². The van der Waals surface area contributed by atoms with Crippen LogP contribution >= 0.6 is 0 Å². The van der Waals surface area contributed by atoms with Gasteiger partial charge < -0.3 is 14.6 Å². The van der Waals surface area contributed by atoms with Crippen LogP contribution in [0.3, 0.4) is 0 Å². The zero-order chi connectivity index (χ0) is 11.6. The minimum Gasteiger partial charge on any atom is -0.507 e. The maximum atomic E-state index is 11.4. The highest BCUT2D eigenvalue weighted by Crippen LogP contribution is 2.23. The molecule has 0 aliphatic heterocycles. The van der Waals surface area contributed by atoms with Gasteiger partial charge in [-0.15, -0.1) is 0 Å². The smallest absolute Gasteiger partial charge is 0.342 e. The van der Waals surface area contributed by atoms with Gasteiger partial charge in [0, 0.05) is 12.0 Å². The third-order valence-electron chi connectivity index (χ3n) is 2.57. The number of hydrogen-bond acceptors (Lipinski definition) is 4. The van der Waals surface area contributed by atoms with Gasteiger partial charge >= 0.3 is 5.63 Å². The van der Waals surface area contributed by atoms with E-state index < -0.39 is 11.7 Å². The molecular weight excluding hydrogens is 196 g/mol. The third kappa shape index (κ3) is 2.39. The molecule has 0 amide bonds. The van der Waals surface area contributed by atoms with Crippen molar-refractivity contribution < 1.29 is 14.6 Å². The van der Waals surface area contributed by atoms with Crippen LogP contribution in [0.25, 0.3) is 0 Å². The first kappa shape index (κ1) is 11.8. The van der Waals surface area contributed by atoms with Crippen LogP contribution in [-0.4, -0.2) is 16.3 Å². The Bertz CT molecular complexity index is 392. The maximum Gasteiger partial charge on any atom is 0.342 e. The summed E-state index contributed by atoms with van der Waals surface area (Å²) in [5.41, 5.74) is -0.253. The topological polar surface area (TPSA) is 70.7 Å². The molecule has 2 unspecified atom stereocenters. The van der Waals surface area contributed by atoms with Gasteiger partial charge in [0.2, 0.25) is 0 Å². The van der Waals surface area contributed by atoms with Gasteiger partial charge in [-0.2, -0.15) is 0 Å². The van der Waals surface area contributed by atoms with E-state index in [1.807, 2.05) is 0 Å². The maximum absolute atomic E-state index is 11.4. The molecule has 0 saturated heterocycles. The second-order valence-electron chi connectivity index (χ2n) is 3.68. The fourth-order valence-corrected chi connectivity index (χ4v) is 1.31. The average Bonchev–Trinajstić information content (AvgIpc) is 2.15. The lowest BCUT2D eigenvalue weighted by molar-refractivity contribution is 0.156. The number of aliphatic hydroxyl groups is 1. The quantitative estimate of drug-likeness (QED) is 0.794. The number of hydrogen-bond donors (Lipinski definition) is 2. The van der Waals surface area contributed by atoms with E-state index in [9.17, 15) is 15.0 Å². The number of aromatic hydroxyl groups is 1. The summed E-state index contributed by atoms with van der Waals surface area (Å²) in [4.78, 5) is 11.4. The van der Waals surface area contributed by atoms with Crippen LogP contribution in [-0.2, 0) is 6.42 Å². The van der Waals surface area contributed by atoms with Crippen LogP contribution in [0.2, 0.25) is 0 Å². The molecule has 84 valence electrons. The first-order valence-corrected chi connectivity index (χ1v) is 5.01. The van der Waals surface area contributed by atoms with Gasteiger partial charge in [0.1, 0.15) is 11.5 Å². The summed E-state index contributed by atoms with van der Waals surface area (Å²) < 4.78 is 5.03. The van der Waals surface area contributed by atoms with E-state index in [2.05, 4.69) is 0 Å². The lowest BCUT2D eigenvalue weighted by atomic mass is 10.0. The second kappa shape index (κ2) is 4.49. The molecule has 1 aromatic heterocycles. The van der Waals surface area contributed by atoms with Crippen molar-refractivity contribution in [3.8, 4) is 5.75 Å². The molecule has 0 aromatic carbocycles. The van der Waals surface area contributed by atoms with Gasteiger partial charge in [-0.25, -0.2) is 4.79 Å².